The Morgan fingerprint density at radius 3 is 2.35 bits per heavy atom. The first-order chi connectivity index (χ1) is 7.90. The summed E-state index contributed by atoms with van der Waals surface area (Å²) in [6.45, 7) is 6.94. The van der Waals surface area contributed by atoms with E-state index in [1.165, 1.54) is 0 Å². The number of rotatable bonds is 8. The maximum atomic E-state index is 11.2. The van der Waals surface area contributed by atoms with Crippen molar-refractivity contribution in [1.82, 2.24) is 0 Å². The molecule has 1 unspecified atom stereocenters. The minimum absolute atomic E-state index is 0.0232. The number of aliphatic hydroxyl groups excluding tert-OH is 1. The van der Waals surface area contributed by atoms with Crippen molar-refractivity contribution in [3.8, 4) is 0 Å². The van der Waals surface area contributed by atoms with Crippen molar-refractivity contribution >= 4 is 37.8 Å². The summed E-state index contributed by atoms with van der Waals surface area (Å²) in [7, 11) is 0. The molecule has 1 atom stereocenters. The minimum atomic E-state index is -0.664. The van der Waals surface area contributed by atoms with E-state index in [2.05, 4.69) is 38.4 Å². The molecule has 0 amide bonds. The van der Waals surface area contributed by atoms with Gasteiger partial charge in [0.1, 0.15) is 0 Å². The molecule has 0 aliphatic heterocycles. The van der Waals surface area contributed by atoms with Gasteiger partial charge in [-0.3, -0.25) is 0 Å². The number of esters is 1. The third-order valence-electron chi connectivity index (χ3n) is 2.15. The Hall–Kier alpha value is 0.0900. The molecular formula is C11H18Br2O4. The van der Waals surface area contributed by atoms with E-state index in [-0.39, 0.29) is 13.2 Å². The van der Waals surface area contributed by atoms with Gasteiger partial charge >= 0.3 is 5.97 Å². The predicted octanol–water partition coefficient (Wildman–Crippen LogP) is 2.24. The van der Waals surface area contributed by atoms with Gasteiger partial charge in [0.2, 0.25) is 6.29 Å². The van der Waals surface area contributed by atoms with Crippen molar-refractivity contribution in [3.63, 3.8) is 0 Å². The number of carbonyl (C=O) groups excluding carboxylic acids is 1. The number of ether oxygens (including phenoxy) is 2. The van der Waals surface area contributed by atoms with Crippen LogP contribution in [0.25, 0.3) is 0 Å². The molecule has 0 aromatic carbocycles. The van der Waals surface area contributed by atoms with Gasteiger partial charge < -0.3 is 14.6 Å². The monoisotopic (exact) mass is 372 g/mol. The first kappa shape index (κ1) is 17.1. The maximum Gasteiger partial charge on any atom is 0.335 e. The molecule has 0 saturated heterocycles. The van der Waals surface area contributed by atoms with Gasteiger partial charge in [-0.2, -0.15) is 0 Å². The fraction of sp³-hybridized carbons (Fsp3) is 0.727. The summed E-state index contributed by atoms with van der Waals surface area (Å²) in [4.78, 5) is 11.2. The zero-order chi connectivity index (χ0) is 13.5. The fourth-order valence-corrected chi connectivity index (χ4v) is 2.43. The van der Waals surface area contributed by atoms with E-state index < -0.39 is 17.7 Å². The fourth-order valence-electron chi connectivity index (χ4n) is 0.823. The molecule has 0 heterocycles. The van der Waals surface area contributed by atoms with Crippen LogP contribution in [0.3, 0.4) is 0 Å². The summed E-state index contributed by atoms with van der Waals surface area (Å²) in [5, 5.41) is 10.5. The lowest BCUT2D eigenvalue weighted by atomic mass is 9.96. The van der Waals surface area contributed by atoms with Crippen molar-refractivity contribution < 1.29 is 19.4 Å². The Balaban J connectivity index is 4.18. The Bertz CT molecular complexity index is 256. The molecule has 0 aliphatic rings. The average molecular weight is 374 g/mol. The Labute approximate surface area is 119 Å². The maximum absolute atomic E-state index is 11.2. The summed E-state index contributed by atoms with van der Waals surface area (Å²) < 4.78 is 10.4. The number of hydrogen-bond acceptors (Lipinski definition) is 4. The molecule has 0 aliphatic carbocycles. The van der Waals surface area contributed by atoms with Gasteiger partial charge in [-0.1, -0.05) is 38.4 Å². The lowest BCUT2D eigenvalue weighted by Gasteiger charge is -2.28. The minimum Gasteiger partial charge on any atom is -0.433 e. The summed E-state index contributed by atoms with van der Waals surface area (Å²) in [5.41, 5.74) is -0.0842. The van der Waals surface area contributed by atoms with Gasteiger partial charge in [-0.25, -0.2) is 4.79 Å². The lowest BCUT2D eigenvalue weighted by molar-refractivity contribution is -0.175. The topological polar surface area (TPSA) is 55.8 Å². The standard InChI is InChI=1S/C11H18Br2O4/c1-8(2)10(15)17-9(3)16-7-11(4-12,5-13)6-14/h9,14H,1,4-7H2,2-3H3. The van der Waals surface area contributed by atoms with E-state index in [0.717, 1.165) is 0 Å². The quantitative estimate of drug-likeness (QED) is 0.307. The van der Waals surface area contributed by atoms with Crippen LogP contribution < -0.4 is 0 Å². The van der Waals surface area contributed by atoms with Gasteiger partial charge in [0.05, 0.1) is 13.2 Å². The van der Waals surface area contributed by atoms with Crippen molar-refractivity contribution in [2.75, 3.05) is 23.9 Å². The highest BCUT2D eigenvalue weighted by atomic mass is 79.9. The second-order valence-corrected chi connectivity index (χ2v) is 5.11. The molecule has 0 aromatic heterocycles. The molecule has 4 nitrogen and oxygen atoms in total. The SMILES string of the molecule is C=C(C)C(=O)OC(C)OCC(CO)(CBr)CBr. The van der Waals surface area contributed by atoms with E-state index >= 15 is 0 Å². The van der Waals surface area contributed by atoms with Crippen LogP contribution in [0, 0.1) is 5.41 Å². The predicted molar refractivity (Wildman–Crippen MR) is 73.4 cm³/mol. The molecular weight excluding hydrogens is 356 g/mol. The molecule has 0 saturated carbocycles. The van der Waals surface area contributed by atoms with Crippen molar-refractivity contribution in [2.45, 2.75) is 20.1 Å². The van der Waals surface area contributed by atoms with Gasteiger partial charge in [-0.15, -0.1) is 0 Å². The molecule has 100 valence electrons. The van der Waals surface area contributed by atoms with E-state index in [4.69, 9.17) is 9.47 Å². The molecule has 17 heavy (non-hydrogen) atoms. The number of hydrogen-bond donors (Lipinski definition) is 1. The van der Waals surface area contributed by atoms with Gasteiger partial charge in [0, 0.05) is 21.6 Å². The summed E-state index contributed by atoms with van der Waals surface area (Å²) in [6, 6.07) is 0. The number of alkyl halides is 2. The number of carbonyl (C=O) groups is 1. The molecule has 0 aromatic rings. The zero-order valence-corrected chi connectivity index (χ0v) is 13.2. The van der Waals surface area contributed by atoms with Gasteiger partial charge in [0.25, 0.3) is 0 Å². The largest absolute Gasteiger partial charge is 0.433 e. The zero-order valence-electron chi connectivity index (χ0n) is 10.0. The highest BCUT2D eigenvalue weighted by Gasteiger charge is 2.28. The molecule has 1 N–H and O–H groups in total. The second kappa shape index (κ2) is 8.24. The first-order valence-corrected chi connectivity index (χ1v) is 7.36. The van der Waals surface area contributed by atoms with Crippen LogP contribution in [0.4, 0.5) is 0 Å². The van der Waals surface area contributed by atoms with E-state index in [0.29, 0.717) is 16.2 Å². The van der Waals surface area contributed by atoms with Crippen molar-refractivity contribution in [2.24, 2.45) is 5.41 Å². The van der Waals surface area contributed by atoms with Crippen LogP contribution in [0.1, 0.15) is 13.8 Å². The van der Waals surface area contributed by atoms with Gasteiger partial charge in [-0.05, 0) is 13.8 Å². The first-order valence-electron chi connectivity index (χ1n) is 5.11. The molecule has 0 radical (unpaired) electrons. The van der Waals surface area contributed by atoms with Crippen LogP contribution in [0.2, 0.25) is 0 Å². The normalized spacial score (nSPS) is 13.2. The van der Waals surface area contributed by atoms with Crippen molar-refractivity contribution in [3.05, 3.63) is 12.2 Å². The van der Waals surface area contributed by atoms with E-state index in [9.17, 15) is 9.90 Å². The molecule has 0 bridgehead atoms. The smallest absolute Gasteiger partial charge is 0.335 e. The third-order valence-corrected chi connectivity index (χ3v) is 4.53. The molecule has 0 rings (SSSR count). The van der Waals surface area contributed by atoms with Crippen LogP contribution in [0.5, 0.6) is 0 Å². The highest BCUT2D eigenvalue weighted by Crippen LogP contribution is 2.23. The molecule has 0 spiro atoms. The summed E-state index contributed by atoms with van der Waals surface area (Å²) in [6.07, 6.45) is -0.664. The lowest BCUT2D eigenvalue weighted by Crippen LogP contribution is -2.36. The number of halogens is 2. The van der Waals surface area contributed by atoms with Gasteiger partial charge in [0.15, 0.2) is 0 Å². The Kier molecular flexibility index (Phi) is 8.28. The second-order valence-electron chi connectivity index (χ2n) is 3.99. The van der Waals surface area contributed by atoms with Crippen LogP contribution >= 0.6 is 31.9 Å². The molecule has 0 fully saturated rings. The summed E-state index contributed by atoms with van der Waals surface area (Å²) >= 11 is 6.65. The van der Waals surface area contributed by atoms with Crippen LogP contribution in [0.15, 0.2) is 12.2 Å². The Morgan fingerprint density at radius 1 is 1.47 bits per heavy atom. The van der Waals surface area contributed by atoms with E-state index in [1.54, 1.807) is 13.8 Å². The molecule has 6 heteroatoms. The third kappa shape index (κ3) is 5.99. The summed E-state index contributed by atoms with van der Waals surface area (Å²) in [5.74, 6) is -0.482. The van der Waals surface area contributed by atoms with Crippen LogP contribution in [-0.2, 0) is 14.3 Å². The van der Waals surface area contributed by atoms with Crippen molar-refractivity contribution in [1.29, 1.82) is 0 Å². The van der Waals surface area contributed by atoms with Crippen LogP contribution in [-0.4, -0.2) is 41.2 Å². The number of aliphatic hydroxyl groups is 1. The highest BCUT2D eigenvalue weighted by molar-refractivity contribution is 9.09. The Morgan fingerprint density at radius 2 is 2.00 bits per heavy atom. The van der Waals surface area contributed by atoms with E-state index in [1.807, 2.05) is 0 Å². The average Bonchev–Trinajstić information content (AvgIpc) is 2.31.